The van der Waals surface area contributed by atoms with Crippen molar-refractivity contribution in [3.63, 3.8) is 0 Å². The van der Waals surface area contributed by atoms with Crippen molar-refractivity contribution < 1.29 is 9.59 Å². The molecule has 0 aliphatic rings. The van der Waals surface area contributed by atoms with Gasteiger partial charge in [0.25, 0.3) is 0 Å². The van der Waals surface area contributed by atoms with Crippen molar-refractivity contribution in [2.24, 2.45) is 0 Å². The third kappa shape index (κ3) is 5.08. The van der Waals surface area contributed by atoms with Crippen LogP contribution in [0.2, 0.25) is 0 Å². The first-order chi connectivity index (χ1) is 12.0. The smallest absolute Gasteiger partial charge is 0.313 e. The van der Waals surface area contributed by atoms with Gasteiger partial charge in [0, 0.05) is 24.5 Å². The van der Waals surface area contributed by atoms with E-state index in [2.05, 4.69) is 29.4 Å². The number of anilines is 2. The average molecular weight is 339 g/mol. The number of rotatable bonds is 6. The van der Waals surface area contributed by atoms with Gasteiger partial charge in [-0.15, -0.1) is 0 Å². The molecule has 5 heteroatoms. The fraction of sp³-hybridized carbons (Fsp3) is 0.300. The molecule has 2 N–H and O–H groups in total. The Labute approximate surface area is 149 Å². The maximum absolute atomic E-state index is 12.1. The number of nitrogens with zero attached hydrogens (tertiary/aromatic N) is 1. The summed E-state index contributed by atoms with van der Waals surface area (Å²) >= 11 is 0. The van der Waals surface area contributed by atoms with E-state index in [1.807, 2.05) is 49.4 Å². The monoisotopic (exact) mass is 339 g/mol. The van der Waals surface area contributed by atoms with E-state index in [1.54, 1.807) is 12.1 Å². The fourth-order valence-electron chi connectivity index (χ4n) is 2.62. The normalized spacial score (nSPS) is 11.5. The topological polar surface area (TPSA) is 61.4 Å². The van der Waals surface area contributed by atoms with E-state index in [1.165, 1.54) is 0 Å². The van der Waals surface area contributed by atoms with Gasteiger partial charge in [-0.3, -0.25) is 9.59 Å². The molecule has 132 valence electrons. The van der Waals surface area contributed by atoms with Gasteiger partial charge < -0.3 is 15.5 Å². The maximum atomic E-state index is 12.1. The molecule has 0 bridgehead atoms. The van der Waals surface area contributed by atoms with Crippen molar-refractivity contribution in [1.82, 2.24) is 5.32 Å². The zero-order valence-electron chi connectivity index (χ0n) is 15.0. The van der Waals surface area contributed by atoms with E-state index in [0.29, 0.717) is 5.69 Å². The Morgan fingerprint density at radius 3 is 2.08 bits per heavy atom. The summed E-state index contributed by atoms with van der Waals surface area (Å²) in [6.45, 7) is 7.87. The third-order valence-electron chi connectivity index (χ3n) is 4.11. The van der Waals surface area contributed by atoms with Crippen molar-refractivity contribution in [3.05, 3.63) is 60.2 Å². The molecule has 0 aliphatic carbocycles. The SMILES string of the molecule is CCN(CC)c1ccc(NC(=O)C(=O)NC(C)c2ccccc2)cc1. The second kappa shape index (κ2) is 8.87. The van der Waals surface area contributed by atoms with Crippen LogP contribution in [0.4, 0.5) is 11.4 Å². The van der Waals surface area contributed by atoms with E-state index < -0.39 is 11.8 Å². The first-order valence-electron chi connectivity index (χ1n) is 8.57. The van der Waals surface area contributed by atoms with Gasteiger partial charge in [-0.05, 0) is 50.6 Å². The summed E-state index contributed by atoms with van der Waals surface area (Å²) < 4.78 is 0. The first-order valence-corrected chi connectivity index (χ1v) is 8.57. The van der Waals surface area contributed by atoms with Gasteiger partial charge in [0.2, 0.25) is 0 Å². The minimum atomic E-state index is -0.668. The summed E-state index contributed by atoms with van der Waals surface area (Å²) in [5, 5.41) is 5.34. The summed E-state index contributed by atoms with van der Waals surface area (Å²) in [6, 6.07) is 16.8. The molecule has 0 saturated carbocycles. The van der Waals surface area contributed by atoms with Crippen LogP contribution in [0.1, 0.15) is 32.4 Å². The molecule has 2 rings (SSSR count). The molecule has 0 heterocycles. The van der Waals surface area contributed by atoms with Crippen LogP contribution >= 0.6 is 0 Å². The minimum Gasteiger partial charge on any atom is -0.372 e. The molecule has 0 saturated heterocycles. The molecule has 25 heavy (non-hydrogen) atoms. The van der Waals surface area contributed by atoms with E-state index in [9.17, 15) is 9.59 Å². The molecule has 2 amide bonds. The Bertz CT molecular complexity index is 695. The summed E-state index contributed by atoms with van der Waals surface area (Å²) in [7, 11) is 0. The average Bonchev–Trinajstić information content (AvgIpc) is 2.64. The summed E-state index contributed by atoms with van der Waals surface area (Å²) in [5.74, 6) is -1.32. The minimum absolute atomic E-state index is 0.232. The number of hydrogen-bond donors (Lipinski definition) is 2. The molecule has 0 spiro atoms. The van der Waals surface area contributed by atoms with Crippen LogP contribution < -0.4 is 15.5 Å². The molecule has 0 aromatic heterocycles. The van der Waals surface area contributed by atoms with Crippen LogP contribution in [0, 0.1) is 0 Å². The van der Waals surface area contributed by atoms with Crippen molar-refractivity contribution in [2.75, 3.05) is 23.3 Å². The third-order valence-corrected chi connectivity index (χ3v) is 4.11. The Hall–Kier alpha value is -2.82. The lowest BCUT2D eigenvalue weighted by Gasteiger charge is -2.21. The van der Waals surface area contributed by atoms with Crippen molar-refractivity contribution >= 4 is 23.2 Å². The van der Waals surface area contributed by atoms with Gasteiger partial charge in [-0.25, -0.2) is 0 Å². The highest BCUT2D eigenvalue weighted by molar-refractivity contribution is 6.39. The van der Waals surface area contributed by atoms with Gasteiger partial charge in [0.1, 0.15) is 0 Å². The Morgan fingerprint density at radius 2 is 1.52 bits per heavy atom. The van der Waals surface area contributed by atoms with Gasteiger partial charge >= 0.3 is 11.8 Å². The lowest BCUT2D eigenvalue weighted by Crippen LogP contribution is -2.36. The van der Waals surface area contributed by atoms with Gasteiger partial charge in [-0.1, -0.05) is 30.3 Å². The van der Waals surface area contributed by atoms with Gasteiger partial charge in [0.15, 0.2) is 0 Å². The second-order valence-electron chi connectivity index (χ2n) is 5.78. The molecule has 2 aromatic rings. The highest BCUT2D eigenvalue weighted by atomic mass is 16.2. The second-order valence-corrected chi connectivity index (χ2v) is 5.78. The van der Waals surface area contributed by atoms with Crippen LogP contribution in [-0.2, 0) is 9.59 Å². The quantitative estimate of drug-likeness (QED) is 0.794. The summed E-state index contributed by atoms with van der Waals surface area (Å²) in [4.78, 5) is 26.4. The highest BCUT2D eigenvalue weighted by Crippen LogP contribution is 2.18. The molecule has 0 fully saturated rings. The zero-order valence-corrected chi connectivity index (χ0v) is 15.0. The molecule has 2 aromatic carbocycles. The predicted octanol–water partition coefficient (Wildman–Crippen LogP) is 3.35. The highest BCUT2D eigenvalue weighted by Gasteiger charge is 2.17. The number of amides is 2. The molecular formula is C20H25N3O2. The molecular weight excluding hydrogens is 314 g/mol. The standard InChI is InChI=1S/C20H25N3O2/c1-4-23(5-2)18-13-11-17(12-14-18)22-20(25)19(24)21-15(3)16-9-7-6-8-10-16/h6-15H,4-5H2,1-3H3,(H,21,24)(H,22,25). The zero-order chi connectivity index (χ0) is 18.2. The Kier molecular flexibility index (Phi) is 6.57. The van der Waals surface area contributed by atoms with Crippen molar-refractivity contribution in [1.29, 1.82) is 0 Å². The van der Waals surface area contributed by atoms with E-state index >= 15 is 0 Å². The molecule has 5 nitrogen and oxygen atoms in total. The number of hydrogen-bond acceptors (Lipinski definition) is 3. The molecule has 0 aliphatic heterocycles. The lowest BCUT2D eigenvalue weighted by atomic mass is 10.1. The largest absolute Gasteiger partial charge is 0.372 e. The van der Waals surface area contributed by atoms with Crippen LogP contribution in [0.3, 0.4) is 0 Å². The van der Waals surface area contributed by atoms with Crippen molar-refractivity contribution in [3.8, 4) is 0 Å². The lowest BCUT2D eigenvalue weighted by molar-refractivity contribution is -0.136. The fourth-order valence-corrected chi connectivity index (χ4v) is 2.62. The van der Waals surface area contributed by atoms with E-state index in [0.717, 1.165) is 24.3 Å². The Morgan fingerprint density at radius 1 is 0.920 bits per heavy atom. The number of benzene rings is 2. The molecule has 1 atom stereocenters. The predicted molar refractivity (Wildman–Crippen MR) is 102 cm³/mol. The van der Waals surface area contributed by atoms with Crippen LogP contribution in [0.25, 0.3) is 0 Å². The first kappa shape index (κ1) is 18.5. The van der Waals surface area contributed by atoms with Gasteiger partial charge in [-0.2, -0.15) is 0 Å². The number of carbonyl (C=O) groups is 2. The number of nitrogens with one attached hydrogen (secondary N) is 2. The van der Waals surface area contributed by atoms with E-state index in [-0.39, 0.29) is 6.04 Å². The van der Waals surface area contributed by atoms with E-state index in [4.69, 9.17) is 0 Å². The van der Waals surface area contributed by atoms with Crippen LogP contribution in [0.5, 0.6) is 0 Å². The molecule has 1 unspecified atom stereocenters. The maximum Gasteiger partial charge on any atom is 0.313 e. The summed E-state index contributed by atoms with van der Waals surface area (Å²) in [6.07, 6.45) is 0. The van der Waals surface area contributed by atoms with Crippen LogP contribution in [-0.4, -0.2) is 24.9 Å². The van der Waals surface area contributed by atoms with Gasteiger partial charge in [0.05, 0.1) is 6.04 Å². The summed E-state index contributed by atoms with van der Waals surface area (Å²) in [5.41, 5.74) is 2.64. The number of carbonyl (C=O) groups excluding carboxylic acids is 2. The molecule has 0 radical (unpaired) electrons. The van der Waals surface area contributed by atoms with Crippen molar-refractivity contribution in [2.45, 2.75) is 26.8 Å². The Balaban J connectivity index is 1.93. The van der Waals surface area contributed by atoms with Crippen LogP contribution in [0.15, 0.2) is 54.6 Å².